The number of benzene rings is 2. The molecule has 0 saturated carbocycles. The molecular weight excluding hydrogens is 262 g/mol. The lowest BCUT2D eigenvalue weighted by Crippen LogP contribution is -1.99. The molecule has 21 heavy (non-hydrogen) atoms. The fourth-order valence-electron chi connectivity index (χ4n) is 2.06. The van der Waals surface area contributed by atoms with E-state index in [0.29, 0.717) is 12.2 Å². The van der Waals surface area contributed by atoms with Crippen LogP contribution in [0.25, 0.3) is 0 Å². The van der Waals surface area contributed by atoms with Gasteiger partial charge < -0.3 is 9.47 Å². The molecule has 0 amide bonds. The van der Waals surface area contributed by atoms with Crippen LogP contribution in [0.1, 0.15) is 22.3 Å². The highest BCUT2D eigenvalue weighted by Crippen LogP contribution is 2.17. The first-order chi connectivity index (χ1) is 10.2. The van der Waals surface area contributed by atoms with Crippen molar-refractivity contribution in [3.63, 3.8) is 0 Å². The van der Waals surface area contributed by atoms with E-state index in [1.54, 1.807) is 7.11 Å². The van der Waals surface area contributed by atoms with E-state index in [1.165, 1.54) is 5.56 Å². The van der Waals surface area contributed by atoms with Gasteiger partial charge >= 0.3 is 0 Å². The topological polar surface area (TPSA) is 42.2 Å². The highest BCUT2D eigenvalue weighted by molar-refractivity contribution is 5.37. The molecule has 0 atom stereocenters. The molecule has 0 aliphatic rings. The normalized spacial score (nSPS) is 10.1. The monoisotopic (exact) mass is 281 g/mol. The summed E-state index contributed by atoms with van der Waals surface area (Å²) in [6.07, 6.45) is 0.908. The Morgan fingerprint density at radius 3 is 2.48 bits per heavy atom. The van der Waals surface area contributed by atoms with E-state index in [2.05, 4.69) is 18.2 Å². The first kappa shape index (κ1) is 15.1. The lowest BCUT2D eigenvalue weighted by atomic mass is 10.1. The lowest BCUT2D eigenvalue weighted by Gasteiger charge is -2.09. The summed E-state index contributed by atoms with van der Waals surface area (Å²) in [6, 6.07) is 15.8. The summed E-state index contributed by atoms with van der Waals surface area (Å²) in [5.41, 5.74) is 4.08. The Bertz CT molecular complexity index is 627. The van der Waals surface area contributed by atoms with E-state index < -0.39 is 0 Å². The average Bonchev–Trinajstić information content (AvgIpc) is 2.52. The van der Waals surface area contributed by atoms with Crippen LogP contribution >= 0.6 is 0 Å². The van der Waals surface area contributed by atoms with Gasteiger partial charge in [0.15, 0.2) is 0 Å². The molecule has 108 valence electrons. The number of ether oxygens (including phenoxy) is 2. The standard InChI is InChI=1S/C18H19NO2/c1-14-11-16(12-19)3-6-17(14)13-21-18-7-4-15(5-8-18)9-10-20-2/h3-8,11H,9-10,13H2,1-2H3. The van der Waals surface area contributed by atoms with Gasteiger partial charge in [-0.25, -0.2) is 0 Å². The van der Waals surface area contributed by atoms with Crippen molar-refractivity contribution in [2.45, 2.75) is 20.0 Å². The van der Waals surface area contributed by atoms with Crippen molar-refractivity contribution in [3.05, 3.63) is 64.7 Å². The molecule has 0 N–H and O–H groups in total. The molecule has 0 spiro atoms. The zero-order chi connectivity index (χ0) is 15.1. The highest BCUT2D eigenvalue weighted by atomic mass is 16.5. The lowest BCUT2D eigenvalue weighted by molar-refractivity contribution is 0.202. The molecule has 2 rings (SSSR count). The van der Waals surface area contributed by atoms with Crippen molar-refractivity contribution < 1.29 is 9.47 Å². The Balaban J connectivity index is 1.95. The molecule has 3 heteroatoms. The van der Waals surface area contributed by atoms with Gasteiger partial charge in [0.1, 0.15) is 12.4 Å². The molecule has 0 radical (unpaired) electrons. The zero-order valence-electron chi connectivity index (χ0n) is 12.4. The summed E-state index contributed by atoms with van der Waals surface area (Å²) in [5, 5.41) is 8.86. The minimum Gasteiger partial charge on any atom is -0.489 e. The Morgan fingerprint density at radius 2 is 1.86 bits per heavy atom. The van der Waals surface area contributed by atoms with Crippen molar-refractivity contribution in [2.24, 2.45) is 0 Å². The SMILES string of the molecule is COCCc1ccc(OCc2ccc(C#N)cc2C)cc1. The van der Waals surface area contributed by atoms with Gasteiger partial charge in [0.25, 0.3) is 0 Å². The fourth-order valence-corrected chi connectivity index (χ4v) is 2.06. The molecule has 0 bridgehead atoms. The van der Waals surface area contributed by atoms with Crippen LogP contribution < -0.4 is 4.74 Å². The number of hydrogen-bond acceptors (Lipinski definition) is 3. The van der Waals surface area contributed by atoms with Crippen molar-refractivity contribution >= 4 is 0 Å². The molecule has 0 aliphatic heterocycles. The number of rotatable bonds is 6. The maximum Gasteiger partial charge on any atom is 0.119 e. The van der Waals surface area contributed by atoms with Crippen molar-refractivity contribution in [2.75, 3.05) is 13.7 Å². The molecule has 3 nitrogen and oxygen atoms in total. The number of nitrogens with zero attached hydrogens (tertiary/aromatic N) is 1. The highest BCUT2D eigenvalue weighted by Gasteiger charge is 2.02. The first-order valence-corrected chi connectivity index (χ1v) is 6.93. The third kappa shape index (κ3) is 4.34. The predicted molar refractivity (Wildman–Crippen MR) is 82.2 cm³/mol. The summed E-state index contributed by atoms with van der Waals surface area (Å²) in [7, 11) is 1.71. The minimum atomic E-state index is 0.509. The van der Waals surface area contributed by atoms with Crippen LogP contribution in [0.4, 0.5) is 0 Å². The van der Waals surface area contributed by atoms with Crippen LogP contribution in [0, 0.1) is 18.3 Å². The van der Waals surface area contributed by atoms with Crippen molar-refractivity contribution in [3.8, 4) is 11.8 Å². The second-order valence-electron chi connectivity index (χ2n) is 4.93. The van der Waals surface area contributed by atoms with E-state index in [9.17, 15) is 0 Å². The van der Waals surface area contributed by atoms with Crippen LogP contribution in [0.5, 0.6) is 5.75 Å². The van der Waals surface area contributed by atoms with Gasteiger partial charge in [-0.1, -0.05) is 18.2 Å². The quantitative estimate of drug-likeness (QED) is 0.812. The smallest absolute Gasteiger partial charge is 0.119 e. The largest absolute Gasteiger partial charge is 0.489 e. The summed E-state index contributed by atoms with van der Waals surface area (Å²) in [5.74, 6) is 0.847. The van der Waals surface area contributed by atoms with Crippen molar-refractivity contribution in [1.82, 2.24) is 0 Å². The second kappa shape index (κ2) is 7.47. The summed E-state index contributed by atoms with van der Waals surface area (Å²) in [4.78, 5) is 0. The van der Waals surface area contributed by atoms with Gasteiger partial charge in [-0.15, -0.1) is 0 Å². The predicted octanol–water partition coefficient (Wildman–Crippen LogP) is 3.63. The number of methoxy groups -OCH3 is 1. The van der Waals surface area contributed by atoms with Crippen LogP contribution in [0.2, 0.25) is 0 Å². The third-order valence-corrected chi connectivity index (χ3v) is 3.38. The minimum absolute atomic E-state index is 0.509. The van der Waals surface area contributed by atoms with Crippen molar-refractivity contribution in [1.29, 1.82) is 5.26 Å². The van der Waals surface area contributed by atoms with E-state index in [4.69, 9.17) is 14.7 Å². The van der Waals surface area contributed by atoms with Gasteiger partial charge in [0.05, 0.1) is 18.2 Å². The van der Waals surface area contributed by atoms with E-state index >= 15 is 0 Å². The van der Waals surface area contributed by atoms with Gasteiger partial charge in [0, 0.05) is 7.11 Å². The molecule has 0 saturated heterocycles. The Labute approximate surface area is 125 Å². The van der Waals surface area contributed by atoms with Gasteiger partial charge in [-0.2, -0.15) is 5.26 Å². The number of hydrogen-bond donors (Lipinski definition) is 0. The second-order valence-corrected chi connectivity index (χ2v) is 4.93. The Hall–Kier alpha value is -2.31. The summed E-state index contributed by atoms with van der Waals surface area (Å²) in [6.45, 7) is 3.23. The van der Waals surface area contributed by atoms with Crippen LogP contribution in [0.3, 0.4) is 0 Å². The van der Waals surface area contributed by atoms with E-state index in [1.807, 2.05) is 37.3 Å². The zero-order valence-corrected chi connectivity index (χ0v) is 12.4. The van der Waals surface area contributed by atoms with Crippen LogP contribution in [-0.4, -0.2) is 13.7 Å². The van der Waals surface area contributed by atoms with E-state index in [-0.39, 0.29) is 0 Å². The van der Waals surface area contributed by atoms with E-state index in [0.717, 1.165) is 29.9 Å². The molecule has 0 aromatic heterocycles. The molecule has 2 aromatic rings. The van der Waals surface area contributed by atoms with Crippen LogP contribution in [-0.2, 0) is 17.8 Å². The molecule has 2 aromatic carbocycles. The van der Waals surface area contributed by atoms with Gasteiger partial charge in [0.2, 0.25) is 0 Å². The molecular formula is C18H19NO2. The molecule has 0 fully saturated rings. The van der Waals surface area contributed by atoms with Gasteiger partial charge in [-0.05, 0) is 54.3 Å². The van der Waals surface area contributed by atoms with Gasteiger partial charge in [-0.3, -0.25) is 0 Å². The molecule has 0 unspecified atom stereocenters. The maximum absolute atomic E-state index is 8.86. The fraction of sp³-hybridized carbons (Fsp3) is 0.278. The third-order valence-electron chi connectivity index (χ3n) is 3.38. The average molecular weight is 281 g/mol. The van der Waals surface area contributed by atoms with Crippen LogP contribution in [0.15, 0.2) is 42.5 Å². The summed E-state index contributed by atoms with van der Waals surface area (Å²) < 4.78 is 10.9. The number of nitriles is 1. The molecule has 0 aliphatic carbocycles. The Kier molecular flexibility index (Phi) is 5.36. The maximum atomic E-state index is 8.86. The molecule has 0 heterocycles. The summed E-state index contributed by atoms with van der Waals surface area (Å²) >= 11 is 0. The Morgan fingerprint density at radius 1 is 1.10 bits per heavy atom. The number of aryl methyl sites for hydroxylation is 1. The first-order valence-electron chi connectivity index (χ1n) is 6.93.